The van der Waals surface area contributed by atoms with Crippen LogP contribution in [-0.4, -0.2) is 38.0 Å². The Hall–Kier alpha value is -3.03. The van der Waals surface area contributed by atoms with Gasteiger partial charge in [-0.1, -0.05) is 0 Å². The molecule has 0 radical (unpaired) electrons. The first-order chi connectivity index (χ1) is 13.7. The molecular weight excluding hydrogens is 362 g/mol. The summed E-state index contributed by atoms with van der Waals surface area (Å²) < 4.78 is 23.7. The smallest absolute Gasteiger partial charge is 0.213 e. The Kier molecular flexibility index (Phi) is 4.93. The van der Waals surface area contributed by atoms with Crippen LogP contribution in [-0.2, 0) is 13.0 Å². The van der Waals surface area contributed by atoms with Crippen LogP contribution in [0.1, 0.15) is 5.56 Å². The van der Waals surface area contributed by atoms with Gasteiger partial charge in [0.2, 0.25) is 5.69 Å². The van der Waals surface area contributed by atoms with Crippen LogP contribution in [0, 0.1) is 0 Å². The van der Waals surface area contributed by atoms with E-state index in [2.05, 4.69) is 16.8 Å². The number of ether oxygens (including phenoxy) is 4. The maximum atomic E-state index is 9.19. The zero-order valence-electron chi connectivity index (χ0n) is 15.8. The molecule has 146 valence electrons. The van der Waals surface area contributed by atoms with Gasteiger partial charge in [-0.2, -0.15) is 4.57 Å². The molecule has 0 saturated heterocycles. The van der Waals surface area contributed by atoms with Crippen molar-refractivity contribution in [3.8, 4) is 34.3 Å². The zero-order valence-corrected chi connectivity index (χ0v) is 15.8. The summed E-state index contributed by atoms with van der Waals surface area (Å²) in [4.78, 5) is 0. The predicted octanol–water partition coefficient (Wildman–Crippen LogP) is 2.02. The number of benzene rings is 2. The van der Waals surface area contributed by atoms with Crippen LogP contribution in [0.15, 0.2) is 36.5 Å². The van der Waals surface area contributed by atoms with Gasteiger partial charge in [-0.15, -0.1) is 0 Å². The fourth-order valence-electron chi connectivity index (χ4n) is 3.75. The molecule has 0 unspecified atom stereocenters. The van der Waals surface area contributed by atoms with E-state index in [1.165, 1.54) is 0 Å². The van der Waals surface area contributed by atoms with Gasteiger partial charge in [0.05, 0.1) is 25.2 Å². The molecule has 7 heteroatoms. The fraction of sp³-hybridized carbons (Fsp3) is 0.286. The summed E-state index contributed by atoms with van der Waals surface area (Å²) in [6.45, 7) is -0.148. The third kappa shape index (κ3) is 2.98. The monoisotopic (exact) mass is 384 g/mol. The Bertz CT molecular complexity index is 1030. The molecule has 0 spiro atoms. The van der Waals surface area contributed by atoms with Gasteiger partial charge in [0, 0.05) is 12.5 Å². The Morgan fingerprint density at radius 2 is 1.68 bits per heavy atom. The van der Waals surface area contributed by atoms with Crippen molar-refractivity contribution in [1.29, 1.82) is 0 Å². The number of pyridine rings is 1. The van der Waals surface area contributed by atoms with Gasteiger partial charge in [-0.05, 0) is 35.2 Å². The topological polar surface area (TPSA) is 81.3 Å². The molecule has 1 aromatic heterocycles. The van der Waals surface area contributed by atoms with Gasteiger partial charge in [0.25, 0.3) is 0 Å². The normalized spacial score (nSPS) is 12.3. The number of hydrogen-bond acceptors (Lipinski definition) is 6. The van der Waals surface area contributed by atoms with Gasteiger partial charge in [-0.25, -0.2) is 0 Å². The van der Waals surface area contributed by atoms with Crippen LogP contribution in [0.3, 0.4) is 0 Å². The second-order valence-corrected chi connectivity index (χ2v) is 6.41. The third-order valence-corrected chi connectivity index (χ3v) is 5.01. The van der Waals surface area contributed by atoms with Crippen molar-refractivity contribution in [2.45, 2.75) is 13.0 Å². The van der Waals surface area contributed by atoms with Gasteiger partial charge >= 0.3 is 0 Å². The average molecular weight is 384 g/mol. The molecule has 0 bridgehead atoms. The summed E-state index contributed by atoms with van der Waals surface area (Å²) in [5.74, 6) is 2.19. The fourth-order valence-corrected chi connectivity index (χ4v) is 3.75. The Morgan fingerprint density at radius 1 is 0.929 bits per heavy atom. The molecule has 1 aliphatic heterocycles. The first-order valence-corrected chi connectivity index (χ1v) is 8.93. The molecule has 3 aromatic rings. The van der Waals surface area contributed by atoms with Crippen LogP contribution in [0.2, 0.25) is 0 Å². The molecule has 2 N–H and O–H groups in total. The van der Waals surface area contributed by atoms with Crippen molar-refractivity contribution in [1.82, 2.24) is 0 Å². The van der Waals surface area contributed by atoms with E-state index in [0.717, 1.165) is 40.6 Å². The maximum Gasteiger partial charge on any atom is 0.213 e. The molecule has 0 fully saturated rings. The third-order valence-electron chi connectivity index (χ3n) is 5.01. The van der Waals surface area contributed by atoms with E-state index in [-0.39, 0.29) is 0 Å². The highest BCUT2D eigenvalue weighted by atomic mass is 16.6. The van der Waals surface area contributed by atoms with E-state index < -0.39 is 13.6 Å². The number of fused-ring (bicyclic) bond motifs is 4. The number of aromatic nitrogens is 1. The van der Waals surface area contributed by atoms with Crippen LogP contribution in [0.5, 0.6) is 23.0 Å². The van der Waals surface area contributed by atoms with Crippen LogP contribution < -0.4 is 23.5 Å². The number of aryl methyl sites for hydroxylation is 2. The number of nitrogens with zero attached hydrogens (tertiary/aromatic N) is 1. The molecule has 28 heavy (non-hydrogen) atoms. The van der Waals surface area contributed by atoms with E-state index in [4.69, 9.17) is 24.1 Å². The predicted molar refractivity (Wildman–Crippen MR) is 102 cm³/mol. The van der Waals surface area contributed by atoms with Crippen molar-refractivity contribution in [3.05, 3.63) is 42.1 Å². The molecule has 2 heterocycles. The van der Waals surface area contributed by atoms with Crippen molar-refractivity contribution < 1.29 is 33.7 Å². The summed E-state index contributed by atoms with van der Waals surface area (Å²) in [5.41, 5.74) is 3.12. The Morgan fingerprint density at radius 3 is 2.36 bits per heavy atom. The Balaban J connectivity index is 1.91. The molecular formula is C21H22NO6+. The highest BCUT2D eigenvalue weighted by Crippen LogP contribution is 2.40. The van der Waals surface area contributed by atoms with E-state index in [0.29, 0.717) is 23.0 Å². The molecule has 0 atom stereocenters. The van der Waals surface area contributed by atoms with Gasteiger partial charge < -0.3 is 29.2 Å². The lowest BCUT2D eigenvalue weighted by Gasteiger charge is -2.19. The standard InChI is InChI=1S/C21H22NO6/c1-25-18-4-3-13-7-17-15-9-20(28-12-24)19(27-11-23)8-14(15)5-6-22(17)10-16(13)21(18)26-2/h3-4,7-10,23-24H,5-6,11-12H2,1-2H3/q+1. The molecule has 4 rings (SSSR count). The first-order valence-electron chi connectivity index (χ1n) is 8.93. The second kappa shape index (κ2) is 7.53. The quantitative estimate of drug-likeness (QED) is 0.500. The number of aliphatic hydroxyl groups is 2. The Labute approximate surface area is 162 Å². The summed E-state index contributed by atoms with van der Waals surface area (Å²) in [7, 11) is 3.26. The second-order valence-electron chi connectivity index (χ2n) is 6.41. The number of rotatable bonds is 6. The SMILES string of the molecule is COc1ccc2cc3[n+](cc2c1OC)CCc1cc(OCO)c(OCO)cc1-3. The summed E-state index contributed by atoms with van der Waals surface area (Å²) in [6.07, 6.45) is 2.87. The minimum absolute atomic E-state index is 0.385. The molecule has 0 aliphatic carbocycles. The summed E-state index contributed by atoms with van der Waals surface area (Å²) >= 11 is 0. The highest BCUT2D eigenvalue weighted by Gasteiger charge is 2.27. The van der Waals surface area contributed by atoms with E-state index in [1.807, 2.05) is 24.3 Å². The number of aliphatic hydroxyl groups excluding tert-OH is 2. The average Bonchev–Trinajstić information content (AvgIpc) is 2.72. The van der Waals surface area contributed by atoms with E-state index in [9.17, 15) is 5.11 Å². The van der Waals surface area contributed by atoms with Gasteiger partial charge in [0.1, 0.15) is 0 Å². The van der Waals surface area contributed by atoms with Crippen LogP contribution in [0.4, 0.5) is 0 Å². The van der Waals surface area contributed by atoms with E-state index in [1.54, 1.807) is 14.2 Å². The van der Waals surface area contributed by atoms with Crippen molar-refractivity contribution >= 4 is 10.8 Å². The lowest BCUT2D eigenvalue weighted by atomic mass is 9.95. The highest BCUT2D eigenvalue weighted by molar-refractivity contribution is 5.91. The molecule has 0 amide bonds. The van der Waals surface area contributed by atoms with Gasteiger partial charge in [-0.3, -0.25) is 0 Å². The van der Waals surface area contributed by atoms with Crippen molar-refractivity contribution in [2.24, 2.45) is 0 Å². The number of hydrogen-bond donors (Lipinski definition) is 2. The first kappa shape index (κ1) is 18.3. The van der Waals surface area contributed by atoms with E-state index >= 15 is 0 Å². The number of methoxy groups -OCH3 is 2. The maximum absolute atomic E-state index is 9.19. The lowest BCUT2D eigenvalue weighted by Crippen LogP contribution is -2.40. The van der Waals surface area contributed by atoms with Gasteiger partial charge in [0.15, 0.2) is 49.3 Å². The zero-order chi connectivity index (χ0) is 19.7. The lowest BCUT2D eigenvalue weighted by molar-refractivity contribution is -0.686. The molecule has 7 nitrogen and oxygen atoms in total. The van der Waals surface area contributed by atoms with Crippen LogP contribution in [0.25, 0.3) is 22.0 Å². The summed E-state index contributed by atoms with van der Waals surface area (Å²) in [6, 6.07) is 9.69. The largest absolute Gasteiger partial charge is 0.493 e. The minimum Gasteiger partial charge on any atom is -0.493 e. The molecule has 1 aliphatic rings. The molecule has 0 saturated carbocycles. The van der Waals surface area contributed by atoms with Crippen molar-refractivity contribution in [2.75, 3.05) is 27.8 Å². The minimum atomic E-state index is -0.477. The van der Waals surface area contributed by atoms with Crippen LogP contribution >= 0.6 is 0 Å². The molecule has 2 aromatic carbocycles. The van der Waals surface area contributed by atoms with Crippen molar-refractivity contribution in [3.63, 3.8) is 0 Å². The summed E-state index contributed by atoms with van der Waals surface area (Å²) in [5, 5.41) is 20.3.